The van der Waals surface area contributed by atoms with Crippen LogP contribution in [0.5, 0.6) is 0 Å². The standard InChI is InChI=1S/C6H12O3/c1-5-6(8,4-7)2-3-9-5/h5,7-8H,2-4H2,1H3/t5-,6-/m0/s1. The summed E-state index contributed by atoms with van der Waals surface area (Å²) in [7, 11) is 0. The monoisotopic (exact) mass is 132 g/mol. The summed E-state index contributed by atoms with van der Waals surface area (Å²) < 4.78 is 5.05. The van der Waals surface area contributed by atoms with E-state index in [0.29, 0.717) is 13.0 Å². The van der Waals surface area contributed by atoms with Crippen molar-refractivity contribution in [3.8, 4) is 0 Å². The fourth-order valence-electron chi connectivity index (χ4n) is 0.978. The van der Waals surface area contributed by atoms with Gasteiger partial charge in [-0.1, -0.05) is 0 Å². The van der Waals surface area contributed by atoms with E-state index in [9.17, 15) is 5.11 Å². The summed E-state index contributed by atoms with van der Waals surface area (Å²) in [6.07, 6.45) is 0.326. The van der Waals surface area contributed by atoms with E-state index in [-0.39, 0.29) is 12.7 Å². The van der Waals surface area contributed by atoms with Crippen LogP contribution in [0.2, 0.25) is 0 Å². The second-order valence-electron chi connectivity index (χ2n) is 2.52. The summed E-state index contributed by atoms with van der Waals surface area (Å²) in [4.78, 5) is 0. The van der Waals surface area contributed by atoms with Crippen molar-refractivity contribution in [2.75, 3.05) is 13.2 Å². The normalized spacial score (nSPS) is 43.7. The quantitative estimate of drug-likeness (QED) is 0.506. The lowest BCUT2D eigenvalue weighted by atomic mass is 9.98. The Morgan fingerprint density at radius 3 is 2.67 bits per heavy atom. The molecule has 0 aliphatic carbocycles. The van der Waals surface area contributed by atoms with Crippen LogP contribution in [0.1, 0.15) is 13.3 Å². The third-order valence-electron chi connectivity index (χ3n) is 1.93. The van der Waals surface area contributed by atoms with Gasteiger partial charge in [0, 0.05) is 6.42 Å². The molecule has 3 nitrogen and oxygen atoms in total. The highest BCUT2D eigenvalue weighted by Gasteiger charge is 2.38. The number of hydrogen-bond donors (Lipinski definition) is 2. The summed E-state index contributed by atoms with van der Waals surface area (Å²) in [5.74, 6) is 0. The van der Waals surface area contributed by atoms with Crippen LogP contribution in [0, 0.1) is 0 Å². The molecular formula is C6H12O3. The number of hydrogen-bond acceptors (Lipinski definition) is 3. The average molecular weight is 132 g/mol. The van der Waals surface area contributed by atoms with Gasteiger partial charge < -0.3 is 14.9 Å². The molecule has 0 spiro atoms. The molecule has 3 heteroatoms. The van der Waals surface area contributed by atoms with E-state index in [4.69, 9.17) is 9.84 Å². The molecule has 0 amide bonds. The summed E-state index contributed by atoms with van der Waals surface area (Å²) in [6, 6.07) is 0. The van der Waals surface area contributed by atoms with Gasteiger partial charge in [-0.25, -0.2) is 0 Å². The van der Waals surface area contributed by atoms with Crippen molar-refractivity contribution < 1.29 is 14.9 Å². The van der Waals surface area contributed by atoms with Crippen molar-refractivity contribution in [3.63, 3.8) is 0 Å². The van der Waals surface area contributed by atoms with Crippen molar-refractivity contribution in [2.45, 2.75) is 25.0 Å². The lowest BCUT2D eigenvalue weighted by Crippen LogP contribution is -2.39. The minimum atomic E-state index is -0.972. The van der Waals surface area contributed by atoms with E-state index >= 15 is 0 Å². The molecule has 1 fully saturated rings. The Bertz CT molecular complexity index is 104. The van der Waals surface area contributed by atoms with Gasteiger partial charge in [0.1, 0.15) is 5.60 Å². The smallest absolute Gasteiger partial charge is 0.116 e. The first kappa shape index (κ1) is 6.99. The van der Waals surface area contributed by atoms with Gasteiger partial charge >= 0.3 is 0 Å². The zero-order valence-electron chi connectivity index (χ0n) is 5.50. The van der Waals surface area contributed by atoms with Gasteiger partial charge in [0.2, 0.25) is 0 Å². The molecule has 0 saturated carbocycles. The van der Waals surface area contributed by atoms with Crippen LogP contribution in [-0.2, 0) is 4.74 Å². The first-order valence-corrected chi connectivity index (χ1v) is 3.14. The maximum atomic E-state index is 9.39. The van der Waals surface area contributed by atoms with Gasteiger partial charge in [0.25, 0.3) is 0 Å². The predicted molar refractivity (Wildman–Crippen MR) is 32.1 cm³/mol. The molecule has 0 aromatic heterocycles. The van der Waals surface area contributed by atoms with E-state index in [1.165, 1.54) is 0 Å². The topological polar surface area (TPSA) is 49.7 Å². The average Bonchev–Trinajstić information content (AvgIpc) is 2.15. The number of ether oxygens (including phenoxy) is 1. The van der Waals surface area contributed by atoms with Crippen molar-refractivity contribution in [2.24, 2.45) is 0 Å². The van der Waals surface area contributed by atoms with E-state index in [0.717, 1.165) is 0 Å². The lowest BCUT2D eigenvalue weighted by molar-refractivity contribution is -0.0617. The van der Waals surface area contributed by atoms with Crippen molar-refractivity contribution in [1.82, 2.24) is 0 Å². The third kappa shape index (κ3) is 1.08. The van der Waals surface area contributed by atoms with Crippen LogP contribution in [0.25, 0.3) is 0 Å². The van der Waals surface area contributed by atoms with E-state index < -0.39 is 5.60 Å². The zero-order valence-corrected chi connectivity index (χ0v) is 5.50. The molecule has 0 aromatic rings. The Hall–Kier alpha value is -0.120. The molecule has 1 saturated heterocycles. The Labute approximate surface area is 54.3 Å². The van der Waals surface area contributed by atoms with Gasteiger partial charge in [-0.3, -0.25) is 0 Å². The first-order valence-electron chi connectivity index (χ1n) is 3.14. The summed E-state index contributed by atoms with van der Waals surface area (Å²) >= 11 is 0. The molecule has 1 aliphatic heterocycles. The fourth-order valence-corrected chi connectivity index (χ4v) is 0.978. The van der Waals surface area contributed by atoms with Crippen LogP contribution < -0.4 is 0 Å². The van der Waals surface area contributed by atoms with Gasteiger partial charge in [0.05, 0.1) is 19.3 Å². The zero-order chi connectivity index (χ0) is 6.91. The predicted octanol–water partition coefficient (Wildman–Crippen LogP) is -0.481. The van der Waals surface area contributed by atoms with Crippen molar-refractivity contribution in [1.29, 1.82) is 0 Å². The number of rotatable bonds is 1. The van der Waals surface area contributed by atoms with E-state index in [1.807, 2.05) is 0 Å². The SMILES string of the molecule is C[C@@H]1OCC[C@]1(O)CO. The molecule has 1 heterocycles. The van der Waals surface area contributed by atoms with Gasteiger partial charge in [-0.15, -0.1) is 0 Å². The molecule has 0 radical (unpaired) electrons. The largest absolute Gasteiger partial charge is 0.393 e. The molecule has 0 unspecified atom stereocenters. The Balaban J connectivity index is 2.56. The van der Waals surface area contributed by atoms with E-state index in [2.05, 4.69) is 0 Å². The molecular weight excluding hydrogens is 120 g/mol. The number of aliphatic hydroxyl groups excluding tert-OH is 1. The minimum Gasteiger partial charge on any atom is -0.393 e. The van der Waals surface area contributed by atoms with Crippen LogP contribution in [-0.4, -0.2) is 35.1 Å². The van der Waals surface area contributed by atoms with Gasteiger partial charge in [0.15, 0.2) is 0 Å². The molecule has 9 heavy (non-hydrogen) atoms. The van der Waals surface area contributed by atoms with Gasteiger partial charge in [-0.05, 0) is 6.92 Å². The molecule has 2 atom stereocenters. The highest BCUT2D eigenvalue weighted by atomic mass is 16.5. The van der Waals surface area contributed by atoms with Crippen LogP contribution in [0.4, 0.5) is 0 Å². The van der Waals surface area contributed by atoms with Crippen molar-refractivity contribution in [3.05, 3.63) is 0 Å². The van der Waals surface area contributed by atoms with Crippen LogP contribution >= 0.6 is 0 Å². The first-order chi connectivity index (χ1) is 4.19. The molecule has 2 N–H and O–H groups in total. The van der Waals surface area contributed by atoms with E-state index in [1.54, 1.807) is 6.92 Å². The second kappa shape index (κ2) is 2.25. The lowest BCUT2D eigenvalue weighted by Gasteiger charge is -2.22. The Kier molecular flexibility index (Phi) is 1.75. The number of aliphatic hydroxyl groups is 2. The van der Waals surface area contributed by atoms with Crippen molar-refractivity contribution >= 4 is 0 Å². The molecule has 54 valence electrons. The maximum absolute atomic E-state index is 9.39. The third-order valence-corrected chi connectivity index (χ3v) is 1.93. The highest BCUT2D eigenvalue weighted by Crippen LogP contribution is 2.24. The van der Waals surface area contributed by atoms with Crippen LogP contribution in [0.15, 0.2) is 0 Å². The highest BCUT2D eigenvalue weighted by molar-refractivity contribution is 4.88. The minimum absolute atomic E-state index is 0.200. The fraction of sp³-hybridized carbons (Fsp3) is 1.00. The van der Waals surface area contributed by atoms with Crippen LogP contribution in [0.3, 0.4) is 0 Å². The molecule has 1 aliphatic rings. The Morgan fingerprint density at radius 2 is 2.44 bits per heavy atom. The maximum Gasteiger partial charge on any atom is 0.116 e. The molecule has 0 bridgehead atoms. The summed E-state index contributed by atoms with van der Waals surface area (Å²) in [5.41, 5.74) is -0.972. The molecule has 1 rings (SSSR count). The summed E-state index contributed by atoms with van der Waals surface area (Å²) in [5, 5.41) is 18.1. The summed E-state index contributed by atoms with van der Waals surface area (Å²) in [6.45, 7) is 2.12. The Morgan fingerprint density at radius 1 is 1.78 bits per heavy atom. The van der Waals surface area contributed by atoms with Gasteiger partial charge in [-0.2, -0.15) is 0 Å². The molecule has 0 aromatic carbocycles. The second-order valence-corrected chi connectivity index (χ2v) is 2.52.